The van der Waals surface area contributed by atoms with Crippen LogP contribution >= 0.6 is 0 Å². The van der Waals surface area contributed by atoms with Gasteiger partial charge in [0.05, 0.1) is 13.2 Å². The fourth-order valence-corrected chi connectivity index (χ4v) is 1.27. The number of hydrogen-bond donors (Lipinski definition) is 1. The van der Waals surface area contributed by atoms with E-state index in [2.05, 4.69) is 5.32 Å². The lowest BCUT2D eigenvalue weighted by atomic mass is 10.3. The molecule has 1 aromatic rings. The molecule has 0 amide bonds. The summed E-state index contributed by atoms with van der Waals surface area (Å²) in [6.45, 7) is 1.85. The molecule has 86 valence electrons. The van der Waals surface area contributed by atoms with Crippen LogP contribution in [0.1, 0.15) is 5.56 Å². The van der Waals surface area contributed by atoms with Gasteiger partial charge in [-0.15, -0.1) is 0 Å². The van der Waals surface area contributed by atoms with Crippen molar-refractivity contribution in [2.45, 2.75) is 19.5 Å². The van der Waals surface area contributed by atoms with Gasteiger partial charge in [-0.2, -0.15) is 0 Å². The number of aromatic nitrogens is 1. The smallest absolute Gasteiger partial charge is 0.256 e. The molecule has 15 heavy (non-hydrogen) atoms. The largest absolute Gasteiger partial charge is 0.383 e. The lowest BCUT2D eigenvalue weighted by Gasteiger charge is -2.02. The van der Waals surface area contributed by atoms with Gasteiger partial charge in [0.15, 0.2) is 0 Å². The van der Waals surface area contributed by atoms with Crippen LogP contribution in [0.2, 0.25) is 0 Å². The van der Waals surface area contributed by atoms with Crippen LogP contribution in [0.5, 0.6) is 0 Å². The first-order chi connectivity index (χ1) is 7.22. The average molecular weight is 218 g/mol. The van der Waals surface area contributed by atoms with E-state index in [0.717, 1.165) is 12.1 Å². The third-order valence-electron chi connectivity index (χ3n) is 1.97. The first-order valence-corrected chi connectivity index (χ1v) is 4.85. The second-order valence-corrected chi connectivity index (χ2v) is 3.28. The zero-order valence-corrected chi connectivity index (χ0v) is 8.75. The second-order valence-electron chi connectivity index (χ2n) is 3.28. The molecule has 0 bridgehead atoms. The summed E-state index contributed by atoms with van der Waals surface area (Å²) >= 11 is 0. The number of halogens is 2. The number of nitrogens with one attached hydrogen (secondary N) is 1. The highest BCUT2D eigenvalue weighted by atomic mass is 19.3. The van der Waals surface area contributed by atoms with Crippen molar-refractivity contribution >= 4 is 0 Å². The minimum Gasteiger partial charge on any atom is -0.383 e. The molecule has 0 aliphatic carbocycles. The van der Waals surface area contributed by atoms with E-state index in [9.17, 15) is 8.78 Å². The fraction of sp³-hybridized carbons (Fsp3) is 0.600. The fourth-order valence-electron chi connectivity index (χ4n) is 1.27. The van der Waals surface area contributed by atoms with Gasteiger partial charge in [-0.3, -0.25) is 0 Å². The monoisotopic (exact) mass is 218 g/mol. The Labute approximate surface area is 88.0 Å². The van der Waals surface area contributed by atoms with Crippen molar-refractivity contribution in [3.63, 3.8) is 0 Å². The summed E-state index contributed by atoms with van der Waals surface area (Å²) in [5.74, 6) is 0. The molecule has 0 spiro atoms. The van der Waals surface area contributed by atoms with E-state index < -0.39 is 6.43 Å². The van der Waals surface area contributed by atoms with E-state index in [-0.39, 0.29) is 6.54 Å². The predicted octanol–water partition coefficient (Wildman–Crippen LogP) is 1.49. The summed E-state index contributed by atoms with van der Waals surface area (Å²) in [6, 6.07) is 1.84. The number of methoxy groups -OCH3 is 1. The van der Waals surface area contributed by atoms with E-state index >= 15 is 0 Å². The molecule has 0 unspecified atom stereocenters. The maximum atomic E-state index is 12.0. The second kappa shape index (κ2) is 6.53. The molecule has 0 saturated carbocycles. The Kier molecular flexibility index (Phi) is 5.28. The molecule has 1 rings (SSSR count). The summed E-state index contributed by atoms with van der Waals surface area (Å²) in [6.07, 6.45) is 1.09. The van der Waals surface area contributed by atoms with Gasteiger partial charge in [0.1, 0.15) is 0 Å². The van der Waals surface area contributed by atoms with Crippen LogP contribution in [-0.4, -0.2) is 31.3 Å². The van der Waals surface area contributed by atoms with E-state index in [1.165, 1.54) is 4.57 Å². The lowest BCUT2D eigenvalue weighted by Crippen LogP contribution is -2.18. The standard InChI is InChI=1S/C10H16F2N2O/c1-15-5-3-13-6-9-2-4-14(7-9)8-10(11)12/h2,4,7,10,13H,3,5-6,8H2,1H3. The van der Waals surface area contributed by atoms with E-state index in [0.29, 0.717) is 13.2 Å². The van der Waals surface area contributed by atoms with E-state index in [1.807, 2.05) is 6.07 Å². The Morgan fingerprint density at radius 2 is 2.33 bits per heavy atom. The Morgan fingerprint density at radius 3 is 3.00 bits per heavy atom. The Balaban J connectivity index is 2.26. The van der Waals surface area contributed by atoms with E-state index in [4.69, 9.17) is 4.74 Å². The number of alkyl halides is 2. The number of rotatable bonds is 7. The molecular formula is C10H16F2N2O. The third kappa shape index (κ3) is 4.90. The minimum atomic E-state index is -2.30. The number of nitrogens with zero attached hydrogens (tertiary/aromatic N) is 1. The summed E-state index contributed by atoms with van der Waals surface area (Å²) in [5, 5.41) is 3.14. The molecule has 1 heterocycles. The van der Waals surface area contributed by atoms with E-state index in [1.54, 1.807) is 19.5 Å². The zero-order valence-electron chi connectivity index (χ0n) is 8.75. The summed E-state index contributed by atoms with van der Waals surface area (Å²) in [4.78, 5) is 0. The van der Waals surface area contributed by atoms with Crippen LogP contribution in [0.15, 0.2) is 18.5 Å². The number of hydrogen-bond acceptors (Lipinski definition) is 2. The van der Waals surface area contributed by atoms with Crippen LogP contribution in [0.3, 0.4) is 0 Å². The molecule has 1 N–H and O–H groups in total. The van der Waals surface area contributed by atoms with Gasteiger partial charge in [0.2, 0.25) is 0 Å². The number of ether oxygens (including phenoxy) is 1. The quantitative estimate of drug-likeness (QED) is 0.702. The lowest BCUT2D eigenvalue weighted by molar-refractivity contribution is 0.126. The van der Waals surface area contributed by atoms with Gasteiger partial charge < -0.3 is 14.6 Å². The molecule has 0 atom stereocenters. The highest BCUT2D eigenvalue weighted by molar-refractivity contribution is 5.09. The van der Waals surface area contributed by atoms with Gasteiger partial charge in [-0.05, 0) is 11.6 Å². The summed E-state index contributed by atoms with van der Waals surface area (Å²) in [5.41, 5.74) is 1.01. The Hall–Kier alpha value is -0.940. The normalized spacial score (nSPS) is 11.2. The molecule has 0 fully saturated rings. The van der Waals surface area contributed by atoms with Gasteiger partial charge >= 0.3 is 0 Å². The topological polar surface area (TPSA) is 26.2 Å². The van der Waals surface area contributed by atoms with Crippen molar-refractivity contribution < 1.29 is 13.5 Å². The zero-order chi connectivity index (χ0) is 11.1. The third-order valence-corrected chi connectivity index (χ3v) is 1.97. The highest BCUT2D eigenvalue weighted by Crippen LogP contribution is 2.04. The van der Waals surface area contributed by atoms with Gasteiger partial charge in [0.25, 0.3) is 6.43 Å². The maximum Gasteiger partial charge on any atom is 0.256 e. The summed E-state index contributed by atoms with van der Waals surface area (Å²) in [7, 11) is 1.64. The van der Waals surface area contributed by atoms with Crippen LogP contribution in [0.25, 0.3) is 0 Å². The predicted molar refractivity (Wildman–Crippen MR) is 54.0 cm³/mol. The van der Waals surface area contributed by atoms with Crippen molar-refractivity contribution in [2.24, 2.45) is 0 Å². The molecule has 0 aliphatic rings. The van der Waals surface area contributed by atoms with Gasteiger partial charge in [-0.1, -0.05) is 0 Å². The molecular weight excluding hydrogens is 202 g/mol. The first kappa shape index (κ1) is 12.1. The molecule has 0 saturated heterocycles. The van der Waals surface area contributed by atoms with Crippen LogP contribution in [0.4, 0.5) is 8.78 Å². The van der Waals surface area contributed by atoms with Crippen molar-refractivity contribution in [1.29, 1.82) is 0 Å². The Morgan fingerprint density at radius 1 is 1.53 bits per heavy atom. The minimum absolute atomic E-state index is 0.238. The van der Waals surface area contributed by atoms with Gasteiger partial charge in [-0.25, -0.2) is 8.78 Å². The van der Waals surface area contributed by atoms with Crippen LogP contribution < -0.4 is 5.32 Å². The van der Waals surface area contributed by atoms with Crippen molar-refractivity contribution in [3.05, 3.63) is 24.0 Å². The maximum absolute atomic E-state index is 12.0. The highest BCUT2D eigenvalue weighted by Gasteiger charge is 2.03. The van der Waals surface area contributed by atoms with Crippen LogP contribution in [-0.2, 0) is 17.8 Å². The molecule has 0 radical (unpaired) electrons. The molecule has 0 aromatic carbocycles. The molecule has 5 heteroatoms. The average Bonchev–Trinajstić information content (AvgIpc) is 2.59. The Bertz CT molecular complexity index is 276. The van der Waals surface area contributed by atoms with Crippen molar-refractivity contribution in [3.8, 4) is 0 Å². The molecule has 0 aliphatic heterocycles. The SMILES string of the molecule is COCCNCc1ccn(CC(F)F)c1. The first-order valence-electron chi connectivity index (χ1n) is 4.85. The van der Waals surface area contributed by atoms with Gasteiger partial charge in [0, 0.05) is 32.6 Å². The molecule has 3 nitrogen and oxygen atoms in total. The van der Waals surface area contributed by atoms with Crippen molar-refractivity contribution in [2.75, 3.05) is 20.3 Å². The van der Waals surface area contributed by atoms with Crippen LogP contribution in [0, 0.1) is 0 Å². The molecule has 1 aromatic heterocycles. The summed E-state index contributed by atoms with van der Waals surface area (Å²) < 4.78 is 30.4. The van der Waals surface area contributed by atoms with Crippen molar-refractivity contribution in [1.82, 2.24) is 9.88 Å².